The molecule has 0 radical (unpaired) electrons. The summed E-state index contributed by atoms with van der Waals surface area (Å²) in [6.45, 7) is 6.12. The summed E-state index contributed by atoms with van der Waals surface area (Å²) < 4.78 is 10.3. The normalized spacial score (nSPS) is 11.1. The second kappa shape index (κ2) is 7.58. The van der Waals surface area contributed by atoms with Gasteiger partial charge >= 0.3 is 5.69 Å². The van der Waals surface area contributed by atoms with Crippen molar-refractivity contribution in [2.45, 2.75) is 27.4 Å². The number of ether oxygens (including phenoxy) is 1. The van der Waals surface area contributed by atoms with Crippen LogP contribution >= 0.6 is 0 Å². The van der Waals surface area contributed by atoms with Crippen LogP contribution in [0, 0.1) is 20.8 Å². The zero-order valence-electron chi connectivity index (χ0n) is 17.6. The van der Waals surface area contributed by atoms with Crippen LogP contribution in [0.2, 0.25) is 0 Å². The molecule has 0 bridgehead atoms. The van der Waals surface area contributed by atoms with Crippen molar-refractivity contribution in [3.63, 3.8) is 0 Å². The highest BCUT2D eigenvalue weighted by atomic mass is 16.5. The van der Waals surface area contributed by atoms with Crippen LogP contribution in [0.15, 0.2) is 41.3 Å². The quantitative estimate of drug-likeness (QED) is 0.506. The van der Waals surface area contributed by atoms with Gasteiger partial charge in [-0.25, -0.2) is 9.78 Å². The fraction of sp³-hybridized carbons (Fsp3) is 0.286. The summed E-state index contributed by atoms with van der Waals surface area (Å²) in [5.41, 5.74) is 5.78. The molecule has 3 heterocycles. The molecule has 9 nitrogen and oxygen atoms in total. The summed E-state index contributed by atoms with van der Waals surface area (Å²) in [4.78, 5) is 17.0. The Labute approximate surface area is 173 Å². The van der Waals surface area contributed by atoms with Gasteiger partial charge in [0.15, 0.2) is 0 Å². The second-order valence-corrected chi connectivity index (χ2v) is 7.28. The van der Waals surface area contributed by atoms with E-state index in [1.807, 2.05) is 64.3 Å². The van der Waals surface area contributed by atoms with E-state index >= 15 is 0 Å². The maximum Gasteiger partial charge on any atom is 0.368 e. The second-order valence-electron chi connectivity index (χ2n) is 7.28. The lowest BCUT2D eigenvalue weighted by molar-refractivity contribution is 0.290. The Kier molecular flexibility index (Phi) is 4.94. The van der Waals surface area contributed by atoms with Gasteiger partial charge in [-0.05, 0) is 55.0 Å². The predicted octanol–water partition coefficient (Wildman–Crippen LogP) is 2.27. The summed E-state index contributed by atoms with van der Waals surface area (Å²) in [5.74, 6) is 0.549. The van der Waals surface area contributed by atoms with Crippen molar-refractivity contribution in [3.8, 4) is 22.8 Å². The van der Waals surface area contributed by atoms with Crippen molar-refractivity contribution in [1.82, 2.24) is 34.6 Å². The van der Waals surface area contributed by atoms with E-state index in [0.717, 1.165) is 33.6 Å². The van der Waals surface area contributed by atoms with E-state index < -0.39 is 0 Å². The monoisotopic (exact) mass is 405 g/mol. The highest BCUT2D eigenvalue weighted by molar-refractivity contribution is 5.63. The Bertz CT molecular complexity index is 1280. The molecule has 0 fully saturated rings. The smallest absolute Gasteiger partial charge is 0.368 e. The first-order chi connectivity index (χ1) is 14.3. The molecule has 0 saturated heterocycles. The first-order valence-electron chi connectivity index (χ1n) is 9.54. The van der Waals surface area contributed by atoms with E-state index in [1.165, 1.54) is 9.36 Å². The van der Waals surface area contributed by atoms with Gasteiger partial charge < -0.3 is 4.74 Å². The molecule has 0 aliphatic carbocycles. The predicted molar refractivity (Wildman–Crippen MR) is 112 cm³/mol. The maximum atomic E-state index is 12.3. The molecule has 4 rings (SSSR count). The molecule has 0 aliphatic heterocycles. The number of aryl methyl sites for hydroxylation is 5. The molecular formula is C21H23N7O2. The maximum absolute atomic E-state index is 12.3. The van der Waals surface area contributed by atoms with E-state index in [2.05, 4.69) is 20.5 Å². The highest BCUT2D eigenvalue weighted by Crippen LogP contribution is 2.27. The van der Waals surface area contributed by atoms with Crippen molar-refractivity contribution in [2.24, 2.45) is 14.1 Å². The van der Waals surface area contributed by atoms with Crippen molar-refractivity contribution in [1.29, 1.82) is 0 Å². The minimum Gasteiger partial charge on any atom is -0.473 e. The van der Waals surface area contributed by atoms with Gasteiger partial charge in [-0.2, -0.15) is 14.5 Å². The third kappa shape index (κ3) is 3.49. The number of benzene rings is 1. The van der Waals surface area contributed by atoms with Crippen LogP contribution in [0.3, 0.4) is 0 Å². The number of rotatable bonds is 5. The number of pyridine rings is 1. The molecule has 1 aromatic carbocycles. The van der Waals surface area contributed by atoms with Crippen LogP contribution in [0.5, 0.6) is 5.88 Å². The molecule has 3 aromatic heterocycles. The standard InChI is InChI=1S/C21H23N7O2/c1-13-7-6-8-19(28-21(29)27(5)24-25-28)17(13)12-30-20-14(2)11-16(15(3)22-20)18-9-10-26(4)23-18/h6-11H,12H2,1-5H3. The van der Waals surface area contributed by atoms with E-state index in [4.69, 9.17) is 4.74 Å². The van der Waals surface area contributed by atoms with Crippen molar-refractivity contribution in [2.75, 3.05) is 0 Å². The summed E-state index contributed by atoms with van der Waals surface area (Å²) in [6.07, 6.45) is 1.91. The Morgan fingerprint density at radius 3 is 2.50 bits per heavy atom. The highest BCUT2D eigenvalue weighted by Gasteiger charge is 2.16. The van der Waals surface area contributed by atoms with E-state index in [-0.39, 0.29) is 12.3 Å². The summed E-state index contributed by atoms with van der Waals surface area (Å²) >= 11 is 0. The van der Waals surface area contributed by atoms with Gasteiger partial charge in [0.05, 0.1) is 17.1 Å². The average molecular weight is 405 g/mol. The van der Waals surface area contributed by atoms with Crippen LogP contribution in [0.4, 0.5) is 0 Å². The Morgan fingerprint density at radius 2 is 1.83 bits per heavy atom. The third-order valence-electron chi connectivity index (χ3n) is 5.04. The molecule has 0 unspecified atom stereocenters. The first kappa shape index (κ1) is 19.6. The van der Waals surface area contributed by atoms with Crippen LogP contribution in [-0.4, -0.2) is 34.6 Å². The largest absolute Gasteiger partial charge is 0.473 e. The van der Waals surface area contributed by atoms with Crippen LogP contribution in [0.25, 0.3) is 16.9 Å². The molecule has 0 saturated carbocycles. The van der Waals surface area contributed by atoms with Gasteiger partial charge in [0.25, 0.3) is 0 Å². The molecule has 9 heteroatoms. The molecule has 154 valence electrons. The van der Waals surface area contributed by atoms with Crippen LogP contribution in [-0.2, 0) is 20.7 Å². The molecule has 0 N–H and O–H groups in total. The van der Waals surface area contributed by atoms with Crippen LogP contribution in [0.1, 0.15) is 22.4 Å². The number of nitrogens with zero attached hydrogens (tertiary/aromatic N) is 7. The van der Waals surface area contributed by atoms with Crippen LogP contribution < -0.4 is 10.4 Å². The van der Waals surface area contributed by atoms with Gasteiger partial charge in [-0.3, -0.25) is 4.68 Å². The summed E-state index contributed by atoms with van der Waals surface area (Å²) in [6, 6.07) is 9.68. The minimum atomic E-state index is -0.313. The SMILES string of the molecule is Cc1cc(-c2ccn(C)n2)c(C)nc1OCc1c(C)cccc1-n1nnn(C)c1=O. The Morgan fingerprint density at radius 1 is 1.03 bits per heavy atom. The Balaban J connectivity index is 1.65. The summed E-state index contributed by atoms with van der Waals surface area (Å²) in [5, 5.41) is 12.2. The fourth-order valence-corrected chi connectivity index (χ4v) is 3.33. The number of aromatic nitrogens is 7. The molecule has 0 amide bonds. The molecule has 4 aromatic rings. The third-order valence-corrected chi connectivity index (χ3v) is 5.04. The van der Waals surface area contributed by atoms with Crippen molar-refractivity contribution >= 4 is 0 Å². The van der Waals surface area contributed by atoms with E-state index in [0.29, 0.717) is 11.6 Å². The van der Waals surface area contributed by atoms with E-state index in [9.17, 15) is 4.79 Å². The zero-order chi connectivity index (χ0) is 21.4. The van der Waals surface area contributed by atoms with E-state index in [1.54, 1.807) is 11.7 Å². The van der Waals surface area contributed by atoms with Gasteiger partial charge in [0, 0.05) is 37.0 Å². The van der Waals surface area contributed by atoms with Crippen molar-refractivity contribution in [3.05, 3.63) is 69.4 Å². The lowest BCUT2D eigenvalue weighted by Gasteiger charge is -2.15. The Hall–Kier alpha value is -3.75. The molecule has 0 aliphatic rings. The van der Waals surface area contributed by atoms with Gasteiger partial charge in [0.1, 0.15) is 6.61 Å². The number of hydrogen-bond donors (Lipinski definition) is 0. The molecule has 30 heavy (non-hydrogen) atoms. The molecule has 0 spiro atoms. The van der Waals surface area contributed by atoms with Gasteiger partial charge in [0.2, 0.25) is 5.88 Å². The zero-order valence-corrected chi connectivity index (χ0v) is 17.6. The number of hydrogen-bond acceptors (Lipinski definition) is 6. The van der Waals surface area contributed by atoms with Crippen molar-refractivity contribution < 1.29 is 4.74 Å². The fourth-order valence-electron chi connectivity index (χ4n) is 3.33. The first-order valence-corrected chi connectivity index (χ1v) is 9.54. The summed E-state index contributed by atoms with van der Waals surface area (Å²) in [7, 11) is 3.45. The topological polar surface area (TPSA) is 92.7 Å². The minimum absolute atomic E-state index is 0.251. The molecular weight excluding hydrogens is 382 g/mol. The lowest BCUT2D eigenvalue weighted by atomic mass is 10.1. The molecule has 0 atom stereocenters. The lowest BCUT2D eigenvalue weighted by Crippen LogP contribution is -2.23. The van der Waals surface area contributed by atoms with Gasteiger partial charge in [-0.15, -0.1) is 0 Å². The number of tetrazole rings is 1. The van der Waals surface area contributed by atoms with Gasteiger partial charge in [-0.1, -0.05) is 12.1 Å². The average Bonchev–Trinajstić information content (AvgIpc) is 3.28.